The molecule has 6 heteroatoms. The van der Waals surface area contributed by atoms with Crippen LogP contribution in [0.25, 0.3) is 11.1 Å². The van der Waals surface area contributed by atoms with Crippen molar-refractivity contribution >= 4 is 17.9 Å². The molecule has 0 saturated heterocycles. The minimum atomic E-state index is -1.000. The molecular formula is C23H21NO5. The number of amides is 1. The summed E-state index contributed by atoms with van der Waals surface area (Å²) in [7, 11) is 0. The van der Waals surface area contributed by atoms with E-state index in [2.05, 4.69) is 12.1 Å². The average molecular weight is 391 g/mol. The number of nitrogens with zero attached hydrogens (tertiary/aromatic N) is 1. The first-order valence-corrected chi connectivity index (χ1v) is 9.45. The highest BCUT2D eigenvalue weighted by molar-refractivity contribution is 5.88. The standard InChI is InChI=1S/C23H21NO5/c1-15(13-22(25)26)24(21-11-6-12-28-21)23(27)29-14-20-18-9-4-2-7-16(18)17-8-3-5-10-19(17)20/h2-12,15,20H,13-14H2,1H3,(H,25,26)/t15-/m1/s1. The van der Waals surface area contributed by atoms with E-state index in [1.54, 1.807) is 19.1 Å². The van der Waals surface area contributed by atoms with Crippen LogP contribution in [0.2, 0.25) is 0 Å². The summed E-state index contributed by atoms with van der Waals surface area (Å²) in [6.07, 6.45) is 0.591. The van der Waals surface area contributed by atoms with Crippen molar-refractivity contribution < 1.29 is 23.8 Å². The molecule has 2 aromatic carbocycles. The summed E-state index contributed by atoms with van der Waals surface area (Å²) in [6, 6.07) is 18.8. The first-order chi connectivity index (χ1) is 14.1. The second-order valence-corrected chi connectivity index (χ2v) is 7.07. The average Bonchev–Trinajstić information content (AvgIpc) is 3.33. The van der Waals surface area contributed by atoms with Gasteiger partial charge in [-0.05, 0) is 35.2 Å². The van der Waals surface area contributed by atoms with Crippen LogP contribution in [0.4, 0.5) is 10.7 Å². The molecule has 3 aromatic rings. The number of fused-ring (bicyclic) bond motifs is 3. The Hall–Kier alpha value is -3.54. The summed E-state index contributed by atoms with van der Waals surface area (Å²) >= 11 is 0. The van der Waals surface area contributed by atoms with Gasteiger partial charge in [0.25, 0.3) is 0 Å². The molecule has 0 radical (unpaired) electrons. The molecule has 1 heterocycles. The minimum Gasteiger partial charge on any atom is -0.481 e. The molecule has 1 aliphatic rings. The lowest BCUT2D eigenvalue weighted by molar-refractivity contribution is -0.137. The number of carboxylic acid groups (broad SMARTS) is 1. The van der Waals surface area contributed by atoms with Crippen molar-refractivity contribution in [2.45, 2.75) is 25.3 Å². The highest BCUT2D eigenvalue weighted by Gasteiger charge is 2.32. The molecule has 1 atom stereocenters. The van der Waals surface area contributed by atoms with Crippen LogP contribution in [0.15, 0.2) is 71.3 Å². The molecule has 1 N–H and O–H groups in total. The molecule has 0 aliphatic heterocycles. The Balaban J connectivity index is 1.56. The number of hydrogen-bond donors (Lipinski definition) is 1. The van der Waals surface area contributed by atoms with Crippen LogP contribution in [0.3, 0.4) is 0 Å². The van der Waals surface area contributed by atoms with E-state index in [0.29, 0.717) is 0 Å². The Morgan fingerprint density at radius 3 is 2.21 bits per heavy atom. The Labute approximate surface area is 168 Å². The minimum absolute atomic E-state index is 0.0698. The fourth-order valence-electron chi connectivity index (χ4n) is 3.90. The molecule has 0 unspecified atom stereocenters. The summed E-state index contributed by atoms with van der Waals surface area (Å²) < 4.78 is 11.0. The van der Waals surface area contributed by atoms with Crippen LogP contribution in [-0.4, -0.2) is 29.8 Å². The molecule has 29 heavy (non-hydrogen) atoms. The van der Waals surface area contributed by atoms with Crippen molar-refractivity contribution in [1.29, 1.82) is 0 Å². The smallest absolute Gasteiger partial charge is 0.416 e. The predicted molar refractivity (Wildman–Crippen MR) is 108 cm³/mol. The highest BCUT2D eigenvalue weighted by Crippen LogP contribution is 2.44. The summed E-state index contributed by atoms with van der Waals surface area (Å²) in [5, 5.41) is 9.12. The van der Waals surface area contributed by atoms with Gasteiger partial charge in [-0.2, -0.15) is 0 Å². The topological polar surface area (TPSA) is 80.0 Å². The number of aliphatic carboxylic acids is 1. The molecule has 0 saturated carbocycles. The van der Waals surface area contributed by atoms with Crippen molar-refractivity contribution in [3.8, 4) is 11.1 Å². The number of hydrogen-bond acceptors (Lipinski definition) is 4. The maximum atomic E-state index is 12.9. The van der Waals surface area contributed by atoms with E-state index in [9.17, 15) is 9.59 Å². The largest absolute Gasteiger partial charge is 0.481 e. The van der Waals surface area contributed by atoms with Gasteiger partial charge in [-0.3, -0.25) is 4.79 Å². The number of furan rings is 1. The van der Waals surface area contributed by atoms with E-state index in [4.69, 9.17) is 14.3 Å². The highest BCUT2D eigenvalue weighted by atomic mass is 16.6. The van der Waals surface area contributed by atoms with E-state index in [-0.39, 0.29) is 24.8 Å². The van der Waals surface area contributed by atoms with Crippen molar-refractivity contribution in [1.82, 2.24) is 0 Å². The van der Waals surface area contributed by atoms with Gasteiger partial charge in [0.05, 0.1) is 18.7 Å². The fraction of sp³-hybridized carbons (Fsp3) is 0.217. The van der Waals surface area contributed by atoms with Gasteiger partial charge in [0, 0.05) is 12.0 Å². The first-order valence-electron chi connectivity index (χ1n) is 9.45. The normalized spacial score (nSPS) is 13.4. The number of carbonyl (C=O) groups is 2. The van der Waals surface area contributed by atoms with Gasteiger partial charge >= 0.3 is 12.1 Å². The zero-order valence-corrected chi connectivity index (χ0v) is 15.9. The summed E-state index contributed by atoms with van der Waals surface area (Å²) in [5.41, 5.74) is 4.52. The zero-order valence-electron chi connectivity index (χ0n) is 15.9. The number of ether oxygens (including phenoxy) is 1. The number of benzene rings is 2. The van der Waals surface area contributed by atoms with Crippen LogP contribution in [0.5, 0.6) is 0 Å². The maximum absolute atomic E-state index is 12.9. The van der Waals surface area contributed by atoms with E-state index >= 15 is 0 Å². The van der Waals surface area contributed by atoms with Crippen LogP contribution in [-0.2, 0) is 9.53 Å². The number of anilines is 1. The molecule has 1 aromatic heterocycles. The molecule has 4 rings (SSSR count). The van der Waals surface area contributed by atoms with Crippen LogP contribution >= 0.6 is 0 Å². The third kappa shape index (κ3) is 3.61. The predicted octanol–water partition coefficient (Wildman–Crippen LogP) is 4.90. The molecule has 1 aliphatic carbocycles. The van der Waals surface area contributed by atoms with Crippen molar-refractivity contribution in [2.75, 3.05) is 11.5 Å². The van der Waals surface area contributed by atoms with Crippen LogP contribution < -0.4 is 4.90 Å². The Bertz CT molecular complexity index is 982. The second kappa shape index (κ2) is 7.83. The quantitative estimate of drug-likeness (QED) is 0.647. The van der Waals surface area contributed by atoms with Gasteiger partial charge in [0.15, 0.2) is 0 Å². The van der Waals surface area contributed by atoms with Crippen LogP contribution in [0, 0.1) is 0 Å². The van der Waals surface area contributed by atoms with Crippen molar-refractivity contribution in [2.24, 2.45) is 0 Å². The van der Waals surface area contributed by atoms with Gasteiger partial charge in [0.1, 0.15) is 6.61 Å². The zero-order chi connectivity index (χ0) is 20.4. The number of carbonyl (C=O) groups excluding carboxylic acids is 1. The van der Waals surface area contributed by atoms with Crippen LogP contribution in [0.1, 0.15) is 30.4 Å². The second-order valence-electron chi connectivity index (χ2n) is 7.07. The molecule has 0 bridgehead atoms. The third-order valence-electron chi connectivity index (χ3n) is 5.19. The first kappa shape index (κ1) is 18.8. The molecule has 1 amide bonds. The summed E-state index contributed by atoms with van der Waals surface area (Å²) in [6.45, 7) is 1.81. The van der Waals surface area contributed by atoms with Gasteiger partial charge in [0.2, 0.25) is 5.88 Å². The fourth-order valence-corrected chi connectivity index (χ4v) is 3.90. The molecular weight excluding hydrogens is 370 g/mol. The van der Waals surface area contributed by atoms with E-state index in [1.807, 2.05) is 36.4 Å². The Kier molecular flexibility index (Phi) is 5.08. The van der Waals surface area contributed by atoms with Gasteiger partial charge in [-0.15, -0.1) is 0 Å². The van der Waals surface area contributed by atoms with E-state index < -0.39 is 18.1 Å². The van der Waals surface area contributed by atoms with Gasteiger partial charge < -0.3 is 14.3 Å². The molecule has 148 valence electrons. The Morgan fingerprint density at radius 1 is 1.03 bits per heavy atom. The summed E-state index contributed by atoms with van der Waals surface area (Å²) in [5.74, 6) is -0.809. The molecule has 0 spiro atoms. The lowest BCUT2D eigenvalue weighted by Crippen LogP contribution is -2.40. The van der Waals surface area contributed by atoms with Gasteiger partial charge in [-0.25, -0.2) is 9.69 Å². The molecule has 6 nitrogen and oxygen atoms in total. The SMILES string of the molecule is C[C@H](CC(=O)O)N(C(=O)OCC1c2ccccc2-c2ccccc21)c1ccco1. The maximum Gasteiger partial charge on any atom is 0.416 e. The van der Waals surface area contributed by atoms with E-state index in [0.717, 1.165) is 22.3 Å². The molecule has 0 fully saturated rings. The number of carboxylic acids is 1. The monoisotopic (exact) mass is 391 g/mol. The number of rotatable bonds is 6. The van der Waals surface area contributed by atoms with Crippen molar-refractivity contribution in [3.05, 3.63) is 78.1 Å². The summed E-state index contributed by atoms with van der Waals surface area (Å²) in [4.78, 5) is 25.3. The lowest BCUT2D eigenvalue weighted by atomic mass is 9.98. The third-order valence-corrected chi connectivity index (χ3v) is 5.19. The van der Waals surface area contributed by atoms with E-state index in [1.165, 1.54) is 11.2 Å². The van der Waals surface area contributed by atoms with Crippen molar-refractivity contribution in [3.63, 3.8) is 0 Å². The van der Waals surface area contributed by atoms with Gasteiger partial charge in [-0.1, -0.05) is 48.5 Å². The lowest BCUT2D eigenvalue weighted by Gasteiger charge is -2.26. The Morgan fingerprint density at radius 2 is 1.66 bits per heavy atom.